The van der Waals surface area contributed by atoms with Crippen molar-refractivity contribution in [3.8, 4) is 0 Å². The summed E-state index contributed by atoms with van der Waals surface area (Å²) in [5.74, 6) is -0.173. The van der Waals surface area contributed by atoms with E-state index >= 15 is 0 Å². The van der Waals surface area contributed by atoms with E-state index < -0.39 is 10.5 Å². The average molecular weight is 327 g/mol. The summed E-state index contributed by atoms with van der Waals surface area (Å²) >= 11 is 0. The Labute approximate surface area is 138 Å². The maximum absolute atomic E-state index is 10.5. The molecule has 7 nitrogen and oxygen atoms in total. The van der Waals surface area contributed by atoms with Crippen molar-refractivity contribution in [2.45, 2.75) is 46.1 Å². The predicted octanol–water partition coefficient (Wildman–Crippen LogP) is 3.02. The van der Waals surface area contributed by atoms with Gasteiger partial charge in [0.05, 0.1) is 12.3 Å². The fraction of sp³-hybridized carbons (Fsp3) is 0.688. The number of aromatic nitrogens is 1. The maximum atomic E-state index is 10.5. The zero-order valence-corrected chi connectivity index (χ0v) is 14.8. The first-order valence-electron chi connectivity index (χ1n) is 8.11. The lowest BCUT2D eigenvalue weighted by Gasteiger charge is -2.39. The molecule has 0 radical (unpaired) electrons. The van der Waals surface area contributed by atoms with E-state index in [1.54, 1.807) is 13.2 Å². The summed E-state index contributed by atoms with van der Waals surface area (Å²) in [5.41, 5.74) is -0.0887. The van der Waals surface area contributed by atoms with Crippen LogP contribution in [0.15, 0.2) is 18.3 Å². The number of nitrogens with zero attached hydrogens (tertiary/aromatic N) is 3. The molecule has 1 aromatic rings. The molecule has 1 fully saturated rings. The number of nitro groups is 1. The highest BCUT2D eigenvalue weighted by molar-refractivity contribution is 5.47. The molecule has 7 heteroatoms. The van der Waals surface area contributed by atoms with E-state index in [0.717, 1.165) is 18.7 Å². The molecule has 132 valence electrons. The van der Waals surface area contributed by atoms with Crippen LogP contribution < -0.4 is 4.90 Å². The van der Waals surface area contributed by atoms with Crippen molar-refractivity contribution in [1.29, 1.82) is 0 Å². The number of hydrogen-bond donors (Lipinski definition) is 1. The van der Waals surface area contributed by atoms with Gasteiger partial charge in [0.1, 0.15) is 5.60 Å². The van der Waals surface area contributed by atoms with Gasteiger partial charge in [0.25, 0.3) is 0 Å². The highest BCUT2D eigenvalue weighted by Crippen LogP contribution is 2.26. The molecular formula is C16H29N3O4. The number of methoxy groups -OCH3 is 1. The van der Waals surface area contributed by atoms with Crippen LogP contribution in [0.4, 0.5) is 11.5 Å². The lowest BCUT2D eigenvalue weighted by molar-refractivity contribution is -0.389. The number of β-amino-alcohol motifs (C(OH)–C–C–N with tert-alkyl or cyclic N) is 1. The maximum Gasteiger partial charge on any atom is 0.363 e. The number of hydrogen-bond acceptors (Lipinski definition) is 6. The SMILES string of the molecule is CC.CC.COCC1(O)CCCN(c2ccc([N+](=O)[O-])nc2)C1. The van der Waals surface area contributed by atoms with Gasteiger partial charge in [0.15, 0.2) is 6.20 Å². The van der Waals surface area contributed by atoms with E-state index in [4.69, 9.17) is 4.74 Å². The summed E-state index contributed by atoms with van der Waals surface area (Å²) in [6.07, 6.45) is 3.01. The summed E-state index contributed by atoms with van der Waals surface area (Å²) < 4.78 is 5.04. The van der Waals surface area contributed by atoms with Gasteiger partial charge in [-0.25, -0.2) is 0 Å². The lowest BCUT2D eigenvalue weighted by Crippen LogP contribution is -2.51. The number of rotatable bonds is 4. The second kappa shape index (κ2) is 10.9. The van der Waals surface area contributed by atoms with Crippen LogP contribution in [-0.2, 0) is 4.74 Å². The molecule has 1 saturated heterocycles. The molecule has 2 heterocycles. The van der Waals surface area contributed by atoms with Crippen molar-refractivity contribution in [3.05, 3.63) is 28.4 Å². The minimum Gasteiger partial charge on any atom is -0.386 e. The molecule has 2 rings (SSSR count). The van der Waals surface area contributed by atoms with Gasteiger partial charge in [-0.05, 0) is 28.8 Å². The number of anilines is 1. The Hall–Kier alpha value is -1.73. The topological polar surface area (TPSA) is 88.7 Å². The summed E-state index contributed by atoms with van der Waals surface area (Å²) in [7, 11) is 1.56. The first-order valence-corrected chi connectivity index (χ1v) is 8.11. The van der Waals surface area contributed by atoms with Gasteiger partial charge in [0.2, 0.25) is 0 Å². The molecule has 1 N–H and O–H groups in total. The molecule has 0 spiro atoms. The average Bonchev–Trinajstić information content (AvgIpc) is 2.58. The van der Waals surface area contributed by atoms with Crippen molar-refractivity contribution >= 4 is 11.5 Å². The quantitative estimate of drug-likeness (QED) is 0.675. The molecule has 1 aromatic heterocycles. The Morgan fingerprint density at radius 1 is 1.39 bits per heavy atom. The van der Waals surface area contributed by atoms with E-state index in [2.05, 4.69) is 4.98 Å². The Balaban J connectivity index is 0.00000112. The molecule has 1 aliphatic rings. The predicted molar refractivity (Wildman–Crippen MR) is 91.9 cm³/mol. The van der Waals surface area contributed by atoms with Crippen LogP contribution in [0.1, 0.15) is 40.5 Å². The smallest absolute Gasteiger partial charge is 0.363 e. The van der Waals surface area contributed by atoms with Crippen molar-refractivity contribution < 1.29 is 14.8 Å². The molecule has 0 aliphatic carbocycles. The molecule has 1 unspecified atom stereocenters. The van der Waals surface area contributed by atoms with Gasteiger partial charge in [-0.3, -0.25) is 0 Å². The molecule has 0 saturated carbocycles. The Morgan fingerprint density at radius 2 is 2.04 bits per heavy atom. The van der Waals surface area contributed by atoms with Crippen molar-refractivity contribution in [3.63, 3.8) is 0 Å². The molecule has 0 aromatic carbocycles. The minimum atomic E-state index is -0.866. The van der Waals surface area contributed by atoms with E-state index in [-0.39, 0.29) is 12.4 Å². The van der Waals surface area contributed by atoms with Gasteiger partial charge < -0.3 is 24.9 Å². The third kappa shape index (κ3) is 6.50. The lowest BCUT2D eigenvalue weighted by atomic mass is 9.93. The highest BCUT2D eigenvalue weighted by atomic mass is 16.6. The second-order valence-corrected chi connectivity index (χ2v) is 4.81. The standard InChI is InChI=1S/C12H17N3O4.2C2H6/c1-19-9-12(16)5-2-6-14(8-12)10-3-4-11(13-7-10)15(17)18;2*1-2/h3-4,7,16H,2,5-6,8-9H2,1H3;2*1-2H3. The van der Waals surface area contributed by atoms with Crippen LogP contribution in [0, 0.1) is 10.1 Å². The van der Waals surface area contributed by atoms with Gasteiger partial charge >= 0.3 is 5.82 Å². The number of piperidine rings is 1. The molecule has 0 bridgehead atoms. The normalized spacial score (nSPS) is 19.8. The molecule has 0 amide bonds. The monoisotopic (exact) mass is 327 g/mol. The largest absolute Gasteiger partial charge is 0.386 e. The van der Waals surface area contributed by atoms with Crippen LogP contribution in [0.3, 0.4) is 0 Å². The third-order valence-electron chi connectivity index (χ3n) is 3.25. The number of aliphatic hydroxyl groups is 1. The summed E-state index contributed by atoms with van der Waals surface area (Å²) in [4.78, 5) is 15.8. The Kier molecular flexibility index (Phi) is 10.1. The van der Waals surface area contributed by atoms with E-state index in [0.29, 0.717) is 13.0 Å². The Morgan fingerprint density at radius 3 is 2.52 bits per heavy atom. The molecular weight excluding hydrogens is 298 g/mol. The zero-order chi connectivity index (χ0) is 17.9. The van der Waals surface area contributed by atoms with Gasteiger partial charge in [-0.15, -0.1) is 0 Å². The first kappa shape index (κ1) is 21.3. The second-order valence-electron chi connectivity index (χ2n) is 4.81. The van der Waals surface area contributed by atoms with E-state index in [1.807, 2.05) is 32.6 Å². The highest BCUT2D eigenvalue weighted by Gasteiger charge is 2.33. The number of ether oxygens (including phenoxy) is 1. The Bertz CT molecular complexity index is 449. The third-order valence-corrected chi connectivity index (χ3v) is 3.25. The summed E-state index contributed by atoms with van der Waals surface area (Å²) in [5, 5.41) is 20.9. The van der Waals surface area contributed by atoms with Crippen molar-refractivity contribution in [2.75, 3.05) is 31.7 Å². The van der Waals surface area contributed by atoms with Gasteiger partial charge in [0, 0.05) is 26.3 Å². The van der Waals surface area contributed by atoms with Crippen LogP contribution in [-0.4, -0.2) is 47.4 Å². The van der Waals surface area contributed by atoms with E-state index in [1.165, 1.54) is 12.3 Å². The molecule has 1 aliphatic heterocycles. The number of pyridine rings is 1. The summed E-state index contributed by atoms with van der Waals surface area (Å²) in [6.45, 7) is 9.52. The van der Waals surface area contributed by atoms with Gasteiger partial charge in [-0.1, -0.05) is 27.7 Å². The minimum absolute atomic E-state index is 0.173. The van der Waals surface area contributed by atoms with E-state index in [9.17, 15) is 15.2 Å². The van der Waals surface area contributed by atoms with Crippen molar-refractivity contribution in [1.82, 2.24) is 4.98 Å². The fourth-order valence-corrected chi connectivity index (χ4v) is 2.39. The molecule has 1 atom stereocenters. The molecule has 23 heavy (non-hydrogen) atoms. The first-order chi connectivity index (χ1) is 11.0. The van der Waals surface area contributed by atoms with Crippen LogP contribution in [0.5, 0.6) is 0 Å². The van der Waals surface area contributed by atoms with Crippen molar-refractivity contribution in [2.24, 2.45) is 0 Å². The van der Waals surface area contributed by atoms with Crippen LogP contribution in [0.25, 0.3) is 0 Å². The zero-order valence-electron chi connectivity index (χ0n) is 14.8. The van der Waals surface area contributed by atoms with Gasteiger partial charge in [-0.2, -0.15) is 0 Å². The fourth-order valence-electron chi connectivity index (χ4n) is 2.39. The summed E-state index contributed by atoms with van der Waals surface area (Å²) in [6, 6.07) is 3.03. The van der Waals surface area contributed by atoms with Crippen LogP contribution >= 0.6 is 0 Å². The van der Waals surface area contributed by atoms with Crippen LogP contribution in [0.2, 0.25) is 0 Å².